The Morgan fingerprint density at radius 3 is 2.93 bits per heavy atom. The monoisotopic (exact) mass is 213 g/mol. The summed E-state index contributed by atoms with van der Waals surface area (Å²) in [4.78, 5) is 13.3. The highest BCUT2D eigenvalue weighted by Crippen LogP contribution is 2.29. The molecular formula is C10H9ClFNO. The molecule has 1 rings (SSSR count). The van der Waals surface area contributed by atoms with Crippen molar-refractivity contribution in [3.63, 3.8) is 0 Å². The van der Waals surface area contributed by atoms with E-state index in [0.29, 0.717) is 16.1 Å². The van der Waals surface area contributed by atoms with Crippen LogP contribution in [0.1, 0.15) is 24.2 Å². The van der Waals surface area contributed by atoms with E-state index in [1.54, 1.807) is 18.2 Å². The Morgan fingerprint density at radius 2 is 2.36 bits per heavy atom. The van der Waals surface area contributed by atoms with Gasteiger partial charge >= 0.3 is 0 Å². The quantitative estimate of drug-likeness (QED) is 0.560. The first kappa shape index (κ1) is 10.9. The summed E-state index contributed by atoms with van der Waals surface area (Å²) in [5.74, 6) is 0. The fourth-order valence-corrected chi connectivity index (χ4v) is 1.63. The molecule has 0 amide bonds. The standard InChI is InChI=1S/C10H9ClFNO/c1-7(12)10-8(5-13-6-14)3-2-4-9(10)11/h2-4,7H,5H2,1H3. The third kappa shape index (κ3) is 2.41. The fourth-order valence-electron chi connectivity index (χ4n) is 1.28. The van der Waals surface area contributed by atoms with Gasteiger partial charge in [0.2, 0.25) is 6.08 Å². The van der Waals surface area contributed by atoms with Gasteiger partial charge in [-0.3, -0.25) is 0 Å². The Bertz CT molecular complexity index is 372. The predicted octanol–water partition coefficient (Wildman–Crippen LogP) is 3.21. The van der Waals surface area contributed by atoms with Crippen molar-refractivity contribution in [1.29, 1.82) is 0 Å². The maximum absolute atomic E-state index is 13.2. The van der Waals surface area contributed by atoms with Gasteiger partial charge in [0.05, 0.1) is 6.54 Å². The number of carbonyl (C=O) groups excluding carboxylic acids is 1. The second-order valence-electron chi connectivity index (χ2n) is 2.84. The Hall–Kier alpha value is -1.18. The molecule has 1 atom stereocenters. The zero-order valence-electron chi connectivity index (χ0n) is 7.63. The Labute approximate surface area is 86.4 Å². The van der Waals surface area contributed by atoms with Gasteiger partial charge in [0.25, 0.3) is 0 Å². The maximum Gasteiger partial charge on any atom is 0.235 e. The molecule has 1 aromatic carbocycles. The van der Waals surface area contributed by atoms with Gasteiger partial charge in [-0.05, 0) is 18.6 Å². The van der Waals surface area contributed by atoms with Crippen LogP contribution in [-0.2, 0) is 11.3 Å². The highest BCUT2D eigenvalue weighted by Gasteiger charge is 2.12. The van der Waals surface area contributed by atoms with Gasteiger partial charge in [-0.2, -0.15) is 0 Å². The highest BCUT2D eigenvalue weighted by molar-refractivity contribution is 6.31. The van der Waals surface area contributed by atoms with Gasteiger partial charge in [0, 0.05) is 10.6 Å². The molecule has 0 aliphatic rings. The molecule has 0 aromatic heterocycles. The predicted molar refractivity (Wildman–Crippen MR) is 52.8 cm³/mol. The molecule has 0 N–H and O–H groups in total. The molecule has 0 aliphatic heterocycles. The molecule has 14 heavy (non-hydrogen) atoms. The van der Waals surface area contributed by atoms with E-state index in [-0.39, 0.29) is 6.54 Å². The molecule has 1 aromatic rings. The van der Waals surface area contributed by atoms with E-state index in [1.807, 2.05) is 0 Å². The van der Waals surface area contributed by atoms with Crippen LogP contribution in [0.5, 0.6) is 0 Å². The largest absolute Gasteiger partial charge is 0.243 e. The van der Waals surface area contributed by atoms with E-state index in [0.717, 1.165) is 0 Å². The van der Waals surface area contributed by atoms with Crippen LogP contribution < -0.4 is 0 Å². The van der Waals surface area contributed by atoms with Crippen molar-refractivity contribution in [2.24, 2.45) is 4.99 Å². The van der Waals surface area contributed by atoms with Gasteiger partial charge in [-0.15, -0.1) is 0 Å². The van der Waals surface area contributed by atoms with E-state index in [4.69, 9.17) is 11.6 Å². The van der Waals surface area contributed by atoms with E-state index < -0.39 is 6.17 Å². The summed E-state index contributed by atoms with van der Waals surface area (Å²) in [5.41, 5.74) is 1.02. The lowest BCUT2D eigenvalue weighted by atomic mass is 10.0. The van der Waals surface area contributed by atoms with E-state index in [2.05, 4.69) is 4.99 Å². The van der Waals surface area contributed by atoms with Crippen LogP contribution in [0.4, 0.5) is 4.39 Å². The molecule has 0 saturated heterocycles. The Balaban J connectivity index is 3.13. The first-order chi connectivity index (χ1) is 6.66. The Kier molecular flexibility index (Phi) is 3.81. The third-order valence-electron chi connectivity index (χ3n) is 1.85. The number of nitrogens with zero attached hydrogens (tertiary/aromatic N) is 1. The van der Waals surface area contributed by atoms with Crippen LogP contribution in [0.3, 0.4) is 0 Å². The molecule has 0 fully saturated rings. The molecule has 0 saturated carbocycles. The minimum atomic E-state index is -1.17. The second kappa shape index (κ2) is 4.89. The van der Waals surface area contributed by atoms with Crippen molar-refractivity contribution >= 4 is 17.7 Å². The zero-order chi connectivity index (χ0) is 10.6. The van der Waals surface area contributed by atoms with Crippen molar-refractivity contribution < 1.29 is 9.18 Å². The van der Waals surface area contributed by atoms with E-state index >= 15 is 0 Å². The minimum absolute atomic E-state index is 0.119. The molecule has 0 spiro atoms. The summed E-state index contributed by atoms with van der Waals surface area (Å²) in [6.45, 7) is 1.52. The number of isocyanates is 1. The van der Waals surface area contributed by atoms with Crippen molar-refractivity contribution in [2.45, 2.75) is 19.6 Å². The van der Waals surface area contributed by atoms with E-state index in [9.17, 15) is 9.18 Å². The smallest absolute Gasteiger partial charge is 0.235 e. The van der Waals surface area contributed by atoms with Crippen LogP contribution in [0, 0.1) is 0 Å². The molecule has 1 unspecified atom stereocenters. The third-order valence-corrected chi connectivity index (χ3v) is 2.18. The lowest BCUT2D eigenvalue weighted by Gasteiger charge is -2.09. The number of halogens is 2. The van der Waals surface area contributed by atoms with Gasteiger partial charge < -0.3 is 0 Å². The van der Waals surface area contributed by atoms with Gasteiger partial charge in [0.1, 0.15) is 6.17 Å². The average molecular weight is 214 g/mol. The molecule has 2 nitrogen and oxygen atoms in total. The summed E-state index contributed by atoms with van der Waals surface area (Å²) in [7, 11) is 0. The van der Waals surface area contributed by atoms with Crippen LogP contribution >= 0.6 is 11.6 Å². The number of rotatable bonds is 3. The highest BCUT2D eigenvalue weighted by atomic mass is 35.5. The topological polar surface area (TPSA) is 29.4 Å². The maximum atomic E-state index is 13.2. The average Bonchev–Trinajstić information content (AvgIpc) is 2.14. The molecule has 74 valence electrons. The number of hydrogen-bond donors (Lipinski definition) is 0. The minimum Gasteiger partial charge on any atom is -0.243 e. The normalized spacial score (nSPS) is 11.9. The molecular weight excluding hydrogens is 205 g/mol. The van der Waals surface area contributed by atoms with Crippen LogP contribution in [0.2, 0.25) is 5.02 Å². The Morgan fingerprint density at radius 1 is 1.64 bits per heavy atom. The summed E-state index contributed by atoms with van der Waals surface area (Å²) in [6, 6.07) is 5.00. The number of benzene rings is 1. The van der Waals surface area contributed by atoms with Crippen molar-refractivity contribution in [1.82, 2.24) is 0 Å². The number of hydrogen-bond acceptors (Lipinski definition) is 2. The van der Waals surface area contributed by atoms with E-state index in [1.165, 1.54) is 13.0 Å². The zero-order valence-corrected chi connectivity index (χ0v) is 8.38. The molecule has 0 radical (unpaired) electrons. The lowest BCUT2D eigenvalue weighted by molar-refractivity contribution is 0.372. The summed E-state index contributed by atoms with van der Waals surface area (Å²) in [5, 5.41) is 0.360. The summed E-state index contributed by atoms with van der Waals surface area (Å²) >= 11 is 5.82. The van der Waals surface area contributed by atoms with Gasteiger partial charge in [-0.1, -0.05) is 23.7 Å². The first-order valence-corrected chi connectivity index (χ1v) is 4.49. The molecule has 0 heterocycles. The SMILES string of the molecule is CC(F)c1c(Cl)cccc1CN=C=O. The van der Waals surface area contributed by atoms with Crippen molar-refractivity contribution in [3.05, 3.63) is 34.3 Å². The lowest BCUT2D eigenvalue weighted by Crippen LogP contribution is -1.95. The number of aliphatic imine (C=N–C) groups is 1. The molecule has 4 heteroatoms. The summed E-state index contributed by atoms with van der Waals surface area (Å²) in [6.07, 6.45) is 0.245. The van der Waals surface area contributed by atoms with Crippen LogP contribution in [0.15, 0.2) is 23.2 Å². The second-order valence-corrected chi connectivity index (χ2v) is 3.24. The van der Waals surface area contributed by atoms with Gasteiger partial charge in [0.15, 0.2) is 0 Å². The number of alkyl halides is 1. The molecule has 0 bridgehead atoms. The van der Waals surface area contributed by atoms with Crippen molar-refractivity contribution in [3.8, 4) is 0 Å². The fraction of sp³-hybridized carbons (Fsp3) is 0.300. The van der Waals surface area contributed by atoms with Crippen LogP contribution in [-0.4, -0.2) is 6.08 Å². The molecule has 0 aliphatic carbocycles. The first-order valence-electron chi connectivity index (χ1n) is 4.11. The van der Waals surface area contributed by atoms with Gasteiger partial charge in [-0.25, -0.2) is 14.2 Å². The van der Waals surface area contributed by atoms with Crippen molar-refractivity contribution in [2.75, 3.05) is 0 Å². The summed E-state index contributed by atoms with van der Waals surface area (Å²) < 4.78 is 13.2. The van der Waals surface area contributed by atoms with Crippen LogP contribution in [0.25, 0.3) is 0 Å².